The van der Waals surface area contributed by atoms with E-state index in [2.05, 4.69) is 27.8 Å². The van der Waals surface area contributed by atoms with Crippen LogP contribution >= 0.6 is 27.5 Å². The number of rotatable bonds is 2. The summed E-state index contributed by atoms with van der Waals surface area (Å²) in [5.74, 6) is 5.07. The van der Waals surface area contributed by atoms with Crippen LogP contribution in [-0.4, -0.2) is 17.0 Å². The van der Waals surface area contributed by atoms with Crippen molar-refractivity contribution in [2.24, 2.45) is 0 Å². The summed E-state index contributed by atoms with van der Waals surface area (Å²) in [6, 6.07) is 4.89. The molecule has 0 fully saturated rings. The van der Waals surface area contributed by atoms with Crippen LogP contribution in [0.15, 0.2) is 22.7 Å². The van der Waals surface area contributed by atoms with Gasteiger partial charge in [0, 0.05) is 22.3 Å². The third-order valence-electron chi connectivity index (χ3n) is 1.65. The average molecular weight is 288 g/mol. The molecule has 1 N–H and O–H groups in total. The van der Waals surface area contributed by atoms with Crippen molar-refractivity contribution in [3.63, 3.8) is 0 Å². The Balaban J connectivity index is 3.09. The number of benzene rings is 1. The summed E-state index contributed by atoms with van der Waals surface area (Å²) in [5.41, 5.74) is 0.710. The van der Waals surface area contributed by atoms with Gasteiger partial charge in [0.1, 0.15) is 0 Å². The van der Waals surface area contributed by atoms with Crippen LogP contribution in [0.4, 0.5) is 0 Å². The summed E-state index contributed by atoms with van der Waals surface area (Å²) in [4.78, 5) is 10.9. The van der Waals surface area contributed by atoms with Crippen molar-refractivity contribution in [2.75, 3.05) is 5.88 Å². The fourth-order valence-corrected chi connectivity index (χ4v) is 1.47. The molecule has 0 saturated heterocycles. The average Bonchev–Trinajstić information content (AvgIpc) is 2.18. The van der Waals surface area contributed by atoms with Gasteiger partial charge in [-0.3, -0.25) is 0 Å². The summed E-state index contributed by atoms with van der Waals surface area (Å²) in [6.45, 7) is 0. The molecule has 0 aliphatic heterocycles. The van der Waals surface area contributed by atoms with Crippen LogP contribution in [0.3, 0.4) is 0 Å². The summed E-state index contributed by atoms with van der Waals surface area (Å²) in [7, 11) is 0. The largest absolute Gasteiger partial charge is 0.478 e. The molecule has 15 heavy (non-hydrogen) atoms. The van der Waals surface area contributed by atoms with Crippen molar-refractivity contribution in [1.29, 1.82) is 0 Å². The monoisotopic (exact) mass is 286 g/mol. The van der Waals surface area contributed by atoms with E-state index in [9.17, 15) is 4.79 Å². The zero-order chi connectivity index (χ0) is 11.3. The molecular formula is C11H8BrClO2. The molecule has 1 rings (SSSR count). The molecule has 1 aromatic rings. The Kier molecular flexibility index (Phi) is 4.67. The quantitative estimate of drug-likeness (QED) is 0.670. The summed E-state index contributed by atoms with van der Waals surface area (Å²) in [5, 5.41) is 8.90. The van der Waals surface area contributed by atoms with E-state index in [-0.39, 0.29) is 5.56 Å². The molecule has 0 saturated carbocycles. The number of aromatic carboxylic acids is 1. The van der Waals surface area contributed by atoms with Gasteiger partial charge in [0.05, 0.1) is 5.56 Å². The maximum Gasteiger partial charge on any atom is 0.336 e. The lowest BCUT2D eigenvalue weighted by atomic mass is 10.1. The second kappa shape index (κ2) is 5.79. The molecule has 78 valence electrons. The molecule has 0 aliphatic rings. The fraction of sp³-hybridized carbons (Fsp3) is 0.182. The van der Waals surface area contributed by atoms with Gasteiger partial charge in [0.25, 0.3) is 0 Å². The zero-order valence-corrected chi connectivity index (χ0v) is 10.1. The van der Waals surface area contributed by atoms with E-state index in [1.165, 1.54) is 6.07 Å². The van der Waals surface area contributed by atoms with E-state index in [0.29, 0.717) is 17.9 Å². The molecule has 0 aromatic heterocycles. The van der Waals surface area contributed by atoms with Crippen molar-refractivity contribution >= 4 is 33.5 Å². The van der Waals surface area contributed by atoms with Gasteiger partial charge in [-0.2, -0.15) is 0 Å². The first-order valence-electron chi connectivity index (χ1n) is 4.23. The molecule has 0 spiro atoms. The Morgan fingerprint density at radius 3 is 2.87 bits per heavy atom. The normalized spacial score (nSPS) is 9.20. The lowest BCUT2D eigenvalue weighted by Crippen LogP contribution is -1.99. The molecule has 0 radical (unpaired) electrons. The van der Waals surface area contributed by atoms with Gasteiger partial charge in [-0.05, 0) is 18.2 Å². The Bertz CT molecular complexity index is 432. The molecule has 0 atom stereocenters. The maximum absolute atomic E-state index is 10.9. The number of alkyl halides is 1. The maximum atomic E-state index is 10.9. The molecule has 4 heteroatoms. The van der Waals surface area contributed by atoms with E-state index in [1.807, 2.05) is 0 Å². The standard InChI is InChI=1S/C11H8BrClO2/c12-9-4-5-10(11(14)15)8(7-9)3-1-2-6-13/h4-5,7H,2,6H2,(H,14,15). The second-order valence-corrected chi connectivity index (χ2v) is 4.03. The van der Waals surface area contributed by atoms with Gasteiger partial charge in [-0.15, -0.1) is 11.6 Å². The predicted octanol–water partition coefficient (Wildman–Crippen LogP) is 3.13. The number of hydrogen-bond donors (Lipinski definition) is 1. The van der Waals surface area contributed by atoms with E-state index >= 15 is 0 Å². The summed E-state index contributed by atoms with van der Waals surface area (Å²) < 4.78 is 0.808. The van der Waals surface area contributed by atoms with Crippen LogP contribution in [0.1, 0.15) is 22.3 Å². The molecule has 2 nitrogen and oxygen atoms in total. The third-order valence-corrected chi connectivity index (χ3v) is 2.34. The van der Waals surface area contributed by atoms with Crippen LogP contribution in [0.5, 0.6) is 0 Å². The molecule has 0 unspecified atom stereocenters. The highest BCUT2D eigenvalue weighted by Crippen LogP contribution is 2.16. The van der Waals surface area contributed by atoms with Crippen LogP contribution in [0, 0.1) is 11.8 Å². The number of carboxylic acid groups (broad SMARTS) is 1. The lowest BCUT2D eigenvalue weighted by molar-refractivity contribution is 0.0696. The van der Waals surface area contributed by atoms with Gasteiger partial charge >= 0.3 is 5.97 Å². The lowest BCUT2D eigenvalue weighted by Gasteiger charge is -1.99. The van der Waals surface area contributed by atoms with Crippen molar-refractivity contribution in [3.8, 4) is 11.8 Å². The van der Waals surface area contributed by atoms with E-state index < -0.39 is 5.97 Å². The van der Waals surface area contributed by atoms with Crippen molar-refractivity contribution in [3.05, 3.63) is 33.8 Å². The van der Waals surface area contributed by atoms with Gasteiger partial charge < -0.3 is 5.11 Å². The third kappa shape index (κ3) is 3.58. The van der Waals surface area contributed by atoms with Crippen molar-refractivity contribution in [1.82, 2.24) is 0 Å². The van der Waals surface area contributed by atoms with E-state index in [0.717, 1.165) is 4.47 Å². The number of halogens is 2. The number of carbonyl (C=O) groups is 1. The van der Waals surface area contributed by atoms with Gasteiger partial charge in [-0.25, -0.2) is 4.79 Å². The smallest absolute Gasteiger partial charge is 0.336 e. The fourth-order valence-electron chi connectivity index (χ4n) is 1.01. The zero-order valence-electron chi connectivity index (χ0n) is 7.76. The minimum absolute atomic E-state index is 0.209. The Hall–Kier alpha value is -0.980. The van der Waals surface area contributed by atoms with Crippen LogP contribution in [0.2, 0.25) is 0 Å². The minimum Gasteiger partial charge on any atom is -0.478 e. The number of hydrogen-bond acceptors (Lipinski definition) is 1. The van der Waals surface area contributed by atoms with Crippen molar-refractivity contribution in [2.45, 2.75) is 6.42 Å². The molecule has 0 heterocycles. The van der Waals surface area contributed by atoms with Crippen molar-refractivity contribution < 1.29 is 9.90 Å². The Morgan fingerprint density at radius 1 is 1.53 bits per heavy atom. The minimum atomic E-state index is -0.974. The second-order valence-electron chi connectivity index (χ2n) is 2.74. The highest BCUT2D eigenvalue weighted by Gasteiger charge is 2.07. The van der Waals surface area contributed by atoms with Gasteiger partial charge in [-0.1, -0.05) is 27.8 Å². The SMILES string of the molecule is O=C(O)c1ccc(Br)cc1C#CCCCl. The molecule has 0 bridgehead atoms. The highest BCUT2D eigenvalue weighted by atomic mass is 79.9. The summed E-state index contributed by atoms with van der Waals surface area (Å²) in [6.07, 6.45) is 0.549. The molecule has 0 aliphatic carbocycles. The Labute approximate surface area is 101 Å². The molecular weight excluding hydrogens is 279 g/mol. The first kappa shape index (κ1) is 12.1. The first-order chi connectivity index (χ1) is 7.15. The van der Waals surface area contributed by atoms with Crippen LogP contribution in [-0.2, 0) is 0 Å². The topological polar surface area (TPSA) is 37.3 Å². The van der Waals surface area contributed by atoms with Gasteiger partial charge in [0.15, 0.2) is 0 Å². The number of carboxylic acids is 1. The van der Waals surface area contributed by atoms with E-state index in [1.54, 1.807) is 12.1 Å². The van der Waals surface area contributed by atoms with E-state index in [4.69, 9.17) is 16.7 Å². The van der Waals surface area contributed by atoms with Crippen LogP contribution < -0.4 is 0 Å². The molecule has 0 amide bonds. The summed E-state index contributed by atoms with van der Waals surface area (Å²) >= 11 is 8.74. The van der Waals surface area contributed by atoms with Gasteiger partial charge in [0.2, 0.25) is 0 Å². The predicted molar refractivity (Wildman–Crippen MR) is 63.3 cm³/mol. The highest BCUT2D eigenvalue weighted by molar-refractivity contribution is 9.10. The first-order valence-corrected chi connectivity index (χ1v) is 5.55. The Morgan fingerprint density at radius 2 is 2.27 bits per heavy atom. The molecule has 1 aromatic carbocycles. The van der Waals surface area contributed by atoms with Crippen LogP contribution in [0.25, 0.3) is 0 Å².